The van der Waals surface area contributed by atoms with E-state index in [1.54, 1.807) is 7.11 Å². The number of rotatable bonds is 6. The molecule has 2 atom stereocenters. The Labute approximate surface area is 164 Å². The summed E-state index contributed by atoms with van der Waals surface area (Å²) >= 11 is 1.96. The van der Waals surface area contributed by atoms with Gasteiger partial charge in [0, 0.05) is 18.7 Å². The SMILES string of the molecule is CCNC(=O)[C@@H]1C[C@H](SCc2ccc(OC)cc2)C[N+]1(C)C.O=S(=O)([O-])F. The molecule has 1 N–H and O–H groups in total. The van der Waals surface area contributed by atoms with Gasteiger partial charge in [0.05, 0.1) is 33.0 Å². The van der Waals surface area contributed by atoms with Crippen molar-refractivity contribution in [3.05, 3.63) is 29.8 Å². The van der Waals surface area contributed by atoms with Crippen molar-refractivity contribution in [2.45, 2.75) is 30.4 Å². The average Bonchev–Trinajstić information content (AvgIpc) is 2.87. The van der Waals surface area contributed by atoms with Crippen molar-refractivity contribution in [2.75, 3.05) is 34.3 Å². The Morgan fingerprint density at radius 3 is 2.41 bits per heavy atom. The van der Waals surface area contributed by atoms with Gasteiger partial charge in [-0.2, -0.15) is 0 Å². The van der Waals surface area contributed by atoms with Gasteiger partial charge in [-0.05, 0) is 24.6 Å². The third kappa shape index (κ3) is 8.91. The summed E-state index contributed by atoms with van der Waals surface area (Å²) in [6, 6.07) is 8.31. The quantitative estimate of drug-likeness (QED) is 0.426. The van der Waals surface area contributed by atoms with Gasteiger partial charge in [-0.3, -0.25) is 4.79 Å². The fourth-order valence-corrected chi connectivity index (χ4v) is 4.46. The summed E-state index contributed by atoms with van der Waals surface area (Å²) in [5, 5.41) is 3.50. The van der Waals surface area contributed by atoms with E-state index >= 15 is 0 Å². The molecule has 0 radical (unpaired) electrons. The van der Waals surface area contributed by atoms with E-state index in [1.807, 2.05) is 30.8 Å². The van der Waals surface area contributed by atoms with E-state index in [4.69, 9.17) is 17.7 Å². The molecular formula is C17H27FN2O5S2. The van der Waals surface area contributed by atoms with Gasteiger partial charge in [0.1, 0.15) is 5.75 Å². The standard InChI is InChI=1S/C17H26N2O2S.FHO3S/c1-5-18-17(20)16-10-15(11-19(16,2)3)22-12-13-6-8-14(21-4)9-7-13;1-5(2,3)4/h6-9,15-16H,5,10-12H2,1-4H3;(H,2,3,4)/t15-,16-;/m0./s1. The number of halogens is 1. The summed E-state index contributed by atoms with van der Waals surface area (Å²) in [5.41, 5.74) is 1.30. The maximum Gasteiger partial charge on any atom is 0.278 e. The second kappa shape index (κ2) is 10.3. The van der Waals surface area contributed by atoms with Crippen molar-refractivity contribution in [3.63, 3.8) is 0 Å². The number of quaternary nitrogens is 1. The van der Waals surface area contributed by atoms with Crippen LogP contribution in [0.2, 0.25) is 0 Å². The fraction of sp³-hybridized carbons (Fsp3) is 0.588. The lowest BCUT2D eigenvalue weighted by Crippen LogP contribution is -2.52. The molecule has 1 aliphatic heterocycles. The molecule has 0 saturated carbocycles. The zero-order valence-electron chi connectivity index (χ0n) is 16.0. The summed E-state index contributed by atoms with van der Waals surface area (Å²) in [4.78, 5) is 12.2. The zero-order valence-corrected chi connectivity index (χ0v) is 17.6. The van der Waals surface area contributed by atoms with Crippen LogP contribution in [-0.4, -0.2) is 68.9 Å². The van der Waals surface area contributed by atoms with Gasteiger partial charge >= 0.3 is 0 Å². The normalized spacial score (nSPS) is 21.1. The molecule has 1 amide bonds. The number of thioether (sulfide) groups is 1. The van der Waals surface area contributed by atoms with Crippen LogP contribution in [0.1, 0.15) is 18.9 Å². The van der Waals surface area contributed by atoms with Crippen LogP contribution in [0.15, 0.2) is 24.3 Å². The maximum atomic E-state index is 12.2. The van der Waals surface area contributed by atoms with E-state index in [-0.39, 0.29) is 11.9 Å². The predicted molar refractivity (Wildman–Crippen MR) is 103 cm³/mol. The van der Waals surface area contributed by atoms with Gasteiger partial charge < -0.3 is 19.1 Å². The third-order valence-electron chi connectivity index (χ3n) is 4.30. The highest BCUT2D eigenvalue weighted by Crippen LogP contribution is 2.33. The molecule has 0 unspecified atom stereocenters. The third-order valence-corrected chi connectivity index (χ3v) is 5.62. The van der Waals surface area contributed by atoms with Crippen molar-refractivity contribution < 1.29 is 30.9 Å². The van der Waals surface area contributed by atoms with Crippen LogP contribution in [0.5, 0.6) is 5.75 Å². The number of amides is 1. The largest absolute Gasteiger partial charge is 0.722 e. The van der Waals surface area contributed by atoms with Gasteiger partial charge in [0.2, 0.25) is 0 Å². The smallest absolute Gasteiger partial charge is 0.278 e. The lowest BCUT2D eigenvalue weighted by atomic mass is 10.2. The summed E-state index contributed by atoms with van der Waals surface area (Å²) < 4.78 is 41.3. The topological polar surface area (TPSA) is 95.5 Å². The monoisotopic (exact) mass is 422 g/mol. The van der Waals surface area contributed by atoms with Crippen LogP contribution in [0.25, 0.3) is 0 Å². The molecule has 1 saturated heterocycles. The lowest BCUT2D eigenvalue weighted by molar-refractivity contribution is -0.892. The Bertz CT molecular complexity index is 703. The van der Waals surface area contributed by atoms with Crippen LogP contribution in [0.3, 0.4) is 0 Å². The summed E-state index contributed by atoms with van der Waals surface area (Å²) in [6.45, 7) is 3.73. The number of methoxy groups -OCH3 is 1. The minimum atomic E-state index is -5.42. The molecule has 1 aromatic rings. The van der Waals surface area contributed by atoms with Crippen molar-refractivity contribution in [1.29, 1.82) is 0 Å². The Kier molecular flexibility index (Phi) is 9.00. The number of carbonyl (C=O) groups is 1. The molecule has 2 rings (SSSR count). The molecule has 1 aromatic carbocycles. The number of hydrogen-bond acceptors (Lipinski definition) is 6. The van der Waals surface area contributed by atoms with Gasteiger partial charge in [-0.15, -0.1) is 15.6 Å². The minimum Gasteiger partial charge on any atom is -0.722 e. The Balaban J connectivity index is 0.000000646. The summed E-state index contributed by atoms with van der Waals surface area (Å²) in [7, 11) is 0.589. The van der Waals surface area contributed by atoms with Crippen LogP contribution >= 0.6 is 11.8 Å². The number of likely N-dealkylation sites (N-methyl/N-ethyl adjacent to an activating group) is 2. The molecule has 0 bridgehead atoms. The van der Waals surface area contributed by atoms with E-state index < -0.39 is 10.5 Å². The minimum absolute atomic E-state index is 0.0771. The first-order valence-corrected chi connectivity index (χ1v) is 10.8. The zero-order chi connectivity index (χ0) is 20.7. The predicted octanol–water partition coefficient (Wildman–Crippen LogP) is 1.70. The van der Waals surface area contributed by atoms with Crippen molar-refractivity contribution in [2.24, 2.45) is 0 Å². The average molecular weight is 423 g/mol. The number of nitrogens with zero attached hydrogens (tertiary/aromatic N) is 1. The molecule has 27 heavy (non-hydrogen) atoms. The van der Waals surface area contributed by atoms with Crippen molar-refractivity contribution in [1.82, 2.24) is 5.32 Å². The van der Waals surface area contributed by atoms with E-state index in [0.29, 0.717) is 11.8 Å². The number of ether oxygens (including phenoxy) is 1. The van der Waals surface area contributed by atoms with Gasteiger partial charge in [-0.1, -0.05) is 12.1 Å². The van der Waals surface area contributed by atoms with Gasteiger partial charge in [-0.25, -0.2) is 8.42 Å². The molecule has 1 heterocycles. The molecular weight excluding hydrogens is 395 g/mol. The van der Waals surface area contributed by atoms with Crippen LogP contribution < -0.4 is 10.1 Å². The Morgan fingerprint density at radius 2 is 1.93 bits per heavy atom. The summed E-state index contributed by atoms with van der Waals surface area (Å²) in [5.74, 6) is 2.07. The molecule has 1 aliphatic rings. The second-order valence-corrected chi connectivity index (χ2v) is 8.86. The first-order chi connectivity index (χ1) is 12.5. The number of hydrogen-bond donors (Lipinski definition) is 1. The highest BCUT2D eigenvalue weighted by molar-refractivity contribution is 7.99. The lowest BCUT2D eigenvalue weighted by Gasteiger charge is -2.30. The van der Waals surface area contributed by atoms with E-state index in [2.05, 4.69) is 31.5 Å². The molecule has 0 spiro atoms. The van der Waals surface area contributed by atoms with E-state index in [9.17, 15) is 8.68 Å². The Hall–Kier alpha value is -1.36. The molecule has 1 fully saturated rings. The van der Waals surface area contributed by atoms with Crippen LogP contribution in [-0.2, 0) is 21.1 Å². The second-order valence-electron chi connectivity index (χ2n) is 6.78. The number of likely N-dealkylation sites (tertiary alicyclic amines) is 1. The summed E-state index contributed by atoms with van der Waals surface area (Å²) in [6.07, 6.45) is 0.958. The highest BCUT2D eigenvalue weighted by Gasteiger charge is 2.45. The number of nitrogens with one attached hydrogen (secondary N) is 1. The number of carbonyl (C=O) groups excluding carboxylic acids is 1. The van der Waals surface area contributed by atoms with Crippen molar-refractivity contribution >= 4 is 28.2 Å². The first-order valence-electron chi connectivity index (χ1n) is 8.46. The molecule has 154 valence electrons. The van der Waals surface area contributed by atoms with Crippen LogP contribution in [0, 0.1) is 0 Å². The molecule has 0 aromatic heterocycles. The highest BCUT2D eigenvalue weighted by atomic mass is 32.3. The Morgan fingerprint density at radius 1 is 1.37 bits per heavy atom. The van der Waals surface area contributed by atoms with Gasteiger partial charge in [0.25, 0.3) is 16.4 Å². The van der Waals surface area contributed by atoms with E-state index in [0.717, 1.165) is 29.0 Å². The fourth-order valence-electron chi connectivity index (χ4n) is 3.03. The maximum absolute atomic E-state index is 12.2. The van der Waals surface area contributed by atoms with Crippen molar-refractivity contribution in [3.8, 4) is 5.75 Å². The van der Waals surface area contributed by atoms with Crippen LogP contribution in [0.4, 0.5) is 3.89 Å². The van der Waals surface area contributed by atoms with E-state index in [1.165, 1.54) is 5.56 Å². The molecule has 10 heteroatoms. The molecule has 7 nitrogen and oxygen atoms in total. The number of benzene rings is 1. The first kappa shape index (κ1) is 23.7. The van der Waals surface area contributed by atoms with Gasteiger partial charge in [0.15, 0.2) is 6.04 Å². The molecule has 0 aliphatic carbocycles.